The Balaban J connectivity index is 0.00000208. The molecule has 0 saturated heterocycles. The van der Waals surface area contributed by atoms with Crippen molar-refractivity contribution < 1.29 is 4.79 Å². The van der Waals surface area contributed by atoms with Crippen molar-refractivity contribution in [2.45, 2.75) is 53.8 Å². The summed E-state index contributed by atoms with van der Waals surface area (Å²) >= 11 is 3.28. The maximum Gasteiger partial charge on any atom is 0.244 e. The van der Waals surface area contributed by atoms with Gasteiger partial charge in [0.2, 0.25) is 5.91 Å². The van der Waals surface area contributed by atoms with E-state index >= 15 is 0 Å². The van der Waals surface area contributed by atoms with E-state index in [4.69, 9.17) is 5.73 Å². The molecule has 0 aliphatic heterocycles. The Kier molecular flexibility index (Phi) is 6.69. The minimum Gasteiger partial charge on any atom is -0.324 e. The molecule has 1 aromatic heterocycles. The predicted octanol–water partition coefficient (Wildman–Crippen LogP) is 4.62. The van der Waals surface area contributed by atoms with E-state index < -0.39 is 5.54 Å². The third kappa shape index (κ3) is 4.72. The molecule has 7 heteroatoms. The van der Waals surface area contributed by atoms with Crippen molar-refractivity contribution in [2.75, 3.05) is 5.32 Å². The molecule has 130 valence electrons. The van der Waals surface area contributed by atoms with Crippen molar-refractivity contribution in [3.05, 3.63) is 35.3 Å². The Morgan fingerprint density at radius 1 is 1.25 bits per heavy atom. The normalized spacial score (nSPS) is 16.2. The van der Waals surface area contributed by atoms with Gasteiger partial charge < -0.3 is 11.1 Å². The van der Waals surface area contributed by atoms with Gasteiger partial charge in [0.25, 0.3) is 0 Å². The number of thiazole rings is 1. The number of halogens is 1. The fourth-order valence-corrected chi connectivity index (χ4v) is 4.56. The van der Waals surface area contributed by atoms with Gasteiger partial charge in [-0.1, -0.05) is 31.0 Å². The number of aromatic nitrogens is 1. The zero-order valence-corrected chi connectivity index (χ0v) is 16.0. The summed E-state index contributed by atoms with van der Waals surface area (Å²) in [6.07, 6.45) is 4.79. The van der Waals surface area contributed by atoms with Crippen LogP contribution >= 0.6 is 35.5 Å². The summed E-state index contributed by atoms with van der Waals surface area (Å²) in [5, 5.41) is 5.00. The first-order valence-corrected chi connectivity index (χ1v) is 9.55. The van der Waals surface area contributed by atoms with Gasteiger partial charge in [-0.3, -0.25) is 4.79 Å². The predicted molar refractivity (Wildman–Crippen MR) is 103 cm³/mol. The molecule has 0 bridgehead atoms. The largest absolute Gasteiger partial charge is 0.324 e. The summed E-state index contributed by atoms with van der Waals surface area (Å²) < 4.78 is 1.03. The van der Waals surface area contributed by atoms with Crippen LogP contribution in [0.4, 0.5) is 5.69 Å². The van der Waals surface area contributed by atoms with E-state index in [2.05, 4.69) is 10.3 Å². The summed E-state index contributed by atoms with van der Waals surface area (Å²) in [5.74, 6) is -0.0619. The summed E-state index contributed by atoms with van der Waals surface area (Å²) in [6, 6.07) is 7.85. The minimum atomic E-state index is -0.704. The standard InChI is InChI=1S/C17H21N3OS2.ClH/c1-12-11-22-16(19-12)23-14-7-5-13(6-8-14)20-15(21)17(18)9-3-2-4-10-17;/h5-8,11H,2-4,9-10,18H2,1H3,(H,20,21);1H. The topological polar surface area (TPSA) is 68.0 Å². The second-order valence-electron chi connectivity index (χ2n) is 6.05. The zero-order valence-electron chi connectivity index (χ0n) is 13.6. The second kappa shape index (κ2) is 8.34. The lowest BCUT2D eigenvalue weighted by Crippen LogP contribution is -2.52. The van der Waals surface area contributed by atoms with Gasteiger partial charge in [-0.15, -0.1) is 23.7 Å². The van der Waals surface area contributed by atoms with Crippen LogP contribution in [0.25, 0.3) is 0 Å². The maximum absolute atomic E-state index is 12.4. The third-order valence-electron chi connectivity index (χ3n) is 4.11. The second-order valence-corrected chi connectivity index (χ2v) is 8.23. The van der Waals surface area contributed by atoms with Gasteiger partial charge in [0.05, 0.1) is 5.54 Å². The highest BCUT2D eigenvalue weighted by atomic mass is 35.5. The van der Waals surface area contributed by atoms with Crippen molar-refractivity contribution in [1.82, 2.24) is 4.98 Å². The van der Waals surface area contributed by atoms with Crippen LogP contribution in [0, 0.1) is 6.92 Å². The molecule has 24 heavy (non-hydrogen) atoms. The molecule has 3 N–H and O–H groups in total. The van der Waals surface area contributed by atoms with Crippen LogP contribution in [0.3, 0.4) is 0 Å². The molecule has 0 radical (unpaired) electrons. The molecular weight excluding hydrogens is 362 g/mol. The van der Waals surface area contributed by atoms with Gasteiger partial charge in [0.1, 0.15) is 0 Å². The van der Waals surface area contributed by atoms with Crippen molar-refractivity contribution in [2.24, 2.45) is 5.73 Å². The van der Waals surface area contributed by atoms with Gasteiger partial charge in [-0.05, 0) is 44.0 Å². The van der Waals surface area contributed by atoms with Gasteiger partial charge in [0, 0.05) is 21.7 Å². The Bertz CT molecular complexity index is 681. The summed E-state index contributed by atoms with van der Waals surface area (Å²) in [7, 11) is 0. The lowest BCUT2D eigenvalue weighted by Gasteiger charge is -2.31. The average molecular weight is 384 g/mol. The maximum atomic E-state index is 12.4. The first-order valence-electron chi connectivity index (χ1n) is 7.86. The van der Waals surface area contributed by atoms with E-state index in [1.165, 1.54) is 6.42 Å². The first-order chi connectivity index (χ1) is 11.0. The van der Waals surface area contributed by atoms with Crippen molar-refractivity contribution in [3.63, 3.8) is 0 Å². The molecule has 1 saturated carbocycles. The molecule has 1 aromatic carbocycles. The van der Waals surface area contributed by atoms with Crippen molar-refractivity contribution >= 4 is 47.1 Å². The molecule has 1 aliphatic rings. The SMILES string of the molecule is Cc1csc(Sc2ccc(NC(=O)C3(N)CCCCC3)cc2)n1.Cl. The van der Waals surface area contributed by atoms with Crippen molar-refractivity contribution in [3.8, 4) is 0 Å². The Hall–Kier alpha value is -1.08. The molecule has 3 rings (SSSR count). The highest BCUT2D eigenvalue weighted by Crippen LogP contribution is 2.31. The van der Waals surface area contributed by atoms with E-state index in [9.17, 15) is 4.79 Å². The number of anilines is 1. The quantitative estimate of drug-likeness (QED) is 0.807. The number of benzene rings is 1. The van der Waals surface area contributed by atoms with Crippen LogP contribution in [0.1, 0.15) is 37.8 Å². The first kappa shape index (κ1) is 19.2. The Morgan fingerprint density at radius 3 is 2.50 bits per heavy atom. The summed E-state index contributed by atoms with van der Waals surface area (Å²) in [6.45, 7) is 1.99. The van der Waals surface area contributed by atoms with Crippen LogP contribution < -0.4 is 11.1 Å². The molecule has 0 spiro atoms. The number of hydrogen-bond donors (Lipinski definition) is 2. The molecule has 0 atom stereocenters. The van der Waals surface area contributed by atoms with Crippen LogP contribution in [0.15, 0.2) is 38.9 Å². The summed E-state index contributed by atoms with van der Waals surface area (Å²) in [5.41, 5.74) is 7.40. The fraction of sp³-hybridized carbons (Fsp3) is 0.412. The number of nitrogens with two attached hydrogens (primary N) is 1. The molecule has 1 fully saturated rings. The highest BCUT2D eigenvalue weighted by molar-refractivity contribution is 8.01. The molecular formula is C17H22ClN3OS2. The average Bonchev–Trinajstić information content (AvgIpc) is 2.95. The van der Waals surface area contributed by atoms with Crippen molar-refractivity contribution in [1.29, 1.82) is 0 Å². The van der Waals surface area contributed by atoms with Crippen LogP contribution in [0.2, 0.25) is 0 Å². The summed E-state index contributed by atoms with van der Waals surface area (Å²) in [4.78, 5) is 18.0. The van der Waals surface area contributed by atoms with E-state index in [0.29, 0.717) is 0 Å². The molecule has 2 aromatic rings. The van der Waals surface area contributed by atoms with Gasteiger partial charge in [0.15, 0.2) is 4.34 Å². The number of carbonyl (C=O) groups is 1. The number of nitrogens with one attached hydrogen (secondary N) is 1. The van der Waals surface area contributed by atoms with Gasteiger partial charge >= 0.3 is 0 Å². The van der Waals surface area contributed by atoms with E-state index in [0.717, 1.165) is 46.3 Å². The number of rotatable bonds is 4. The molecule has 1 heterocycles. The van der Waals surface area contributed by atoms with E-state index in [1.54, 1.807) is 23.1 Å². The van der Waals surface area contributed by atoms with Gasteiger partial charge in [-0.2, -0.15) is 0 Å². The smallest absolute Gasteiger partial charge is 0.244 e. The monoisotopic (exact) mass is 383 g/mol. The molecule has 1 aliphatic carbocycles. The van der Waals surface area contributed by atoms with E-state index in [-0.39, 0.29) is 18.3 Å². The number of amides is 1. The lowest BCUT2D eigenvalue weighted by atomic mass is 9.82. The molecule has 0 unspecified atom stereocenters. The number of carbonyl (C=O) groups excluding carboxylic acids is 1. The highest BCUT2D eigenvalue weighted by Gasteiger charge is 2.35. The number of nitrogens with zero attached hydrogens (tertiary/aromatic N) is 1. The van der Waals surface area contributed by atoms with Crippen LogP contribution in [0.5, 0.6) is 0 Å². The van der Waals surface area contributed by atoms with E-state index in [1.807, 2.05) is 36.6 Å². The van der Waals surface area contributed by atoms with Crippen LogP contribution in [-0.2, 0) is 4.79 Å². The zero-order chi connectivity index (χ0) is 16.3. The number of aryl methyl sites for hydroxylation is 1. The van der Waals surface area contributed by atoms with Gasteiger partial charge in [-0.25, -0.2) is 4.98 Å². The van der Waals surface area contributed by atoms with Crippen LogP contribution in [-0.4, -0.2) is 16.4 Å². The lowest BCUT2D eigenvalue weighted by molar-refractivity contribution is -0.122. The Morgan fingerprint density at radius 2 is 1.92 bits per heavy atom. The molecule has 1 amide bonds. The fourth-order valence-electron chi connectivity index (χ4n) is 2.75. The number of hydrogen-bond acceptors (Lipinski definition) is 5. The molecule has 4 nitrogen and oxygen atoms in total. The third-order valence-corrected chi connectivity index (χ3v) is 6.18. The minimum absolute atomic E-state index is 0. The Labute approximate surface area is 157 Å².